The molecule has 0 radical (unpaired) electrons. The maximum atomic E-state index is 14.1. The van der Waals surface area contributed by atoms with Crippen LogP contribution in [0.1, 0.15) is 42.5 Å². The lowest BCUT2D eigenvalue weighted by atomic mass is 10.0. The van der Waals surface area contributed by atoms with Crippen LogP contribution in [0.25, 0.3) is 11.0 Å². The maximum Gasteiger partial charge on any atom is 0.270 e. The highest BCUT2D eigenvalue weighted by Crippen LogP contribution is 2.43. The van der Waals surface area contributed by atoms with Gasteiger partial charge in [-0.05, 0) is 50.1 Å². The highest BCUT2D eigenvalue weighted by molar-refractivity contribution is 7.93. The lowest BCUT2D eigenvalue weighted by Crippen LogP contribution is -2.20. The number of hydrogen-bond acceptors (Lipinski definition) is 10. The fourth-order valence-electron chi connectivity index (χ4n) is 5.31. The number of aromatic amines is 1. The molecule has 14 heteroatoms. The number of hydrogen-bond donors (Lipinski definition) is 3. The van der Waals surface area contributed by atoms with Crippen molar-refractivity contribution in [3.8, 4) is 17.2 Å². The first-order valence-electron chi connectivity index (χ1n) is 13.1. The number of ether oxygens (including phenoxy) is 3. The van der Waals surface area contributed by atoms with Gasteiger partial charge in [0, 0.05) is 36.3 Å². The lowest BCUT2D eigenvalue weighted by molar-refractivity contribution is 0.295. The average Bonchev–Trinajstić information content (AvgIpc) is 3.44. The Hall–Kier alpha value is -4.04. The van der Waals surface area contributed by atoms with E-state index in [9.17, 15) is 12.8 Å². The van der Waals surface area contributed by atoms with E-state index in [1.54, 1.807) is 24.3 Å². The Morgan fingerprint density at radius 2 is 1.76 bits per heavy atom. The smallest absolute Gasteiger partial charge is 0.270 e. The number of benzene rings is 2. The molecule has 1 aliphatic heterocycles. The number of sulfonamides is 1. The fourth-order valence-corrected chi connectivity index (χ4v) is 6.63. The van der Waals surface area contributed by atoms with Crippen molar-refractivity contribution in [2.75, 3.05) is 45.0 Å². The zero-order chi connectivity index (χ0) is 28.9. The molecule has 0 bridgehead atoms. The zero-order valence-electron chi connectivity index (χ0n) is 23.0. The molecule has 1 aliphatic carbocycles. The van der Waals surface area contributed by atoms with Gasteiger partial charge in [0.15, 0.2) is 22.1 Å². The summed E-state index contributed by atoms with van der Waals surface area (Å²) in [5.41, 5.74) is 2.66. The van der Waals surface area contributed by atoms with E-state index in [1.165, 1.54) is 21.3 Å². The number of H-pyrrole nitrogens is 1. The van der Waals surface area contributed by atoms with Gasteiger partial charge >= 0.3 is 0 Å². The third kappa shape index (κ3) is 5.12. The zero-order valence-corrected chi connectivity index (χ0v) is 23.8. The molecule has 12 nitrogen and oxygen atoms in total. The third-order valence-corrected chi connectivity index (χ3v) is 8.94. The lowest BCUT2D eigenvalue weighted by Gasteiger charge is -2.22. The van der Waals surface area contributed by atoms with Gasteiger partial charge in [0.25, 0.3) is 10.0 Å². The van der Waals surface area contributed by atoms with Gasteiger partial charge in [-0.3, -0.25) is 14.7 Å². The summed E-state index contributed by atoms with van der Waals surface area (Å²) in [6.45, 7) is 0.292. The predicted molar refractivity (Wildman–Crippen MR) is 150 cm³/mol. The van der Waals surface area contributed by atoms with Crippen LogP contribution in [0.15, 0.2) is 39.8 Å². The van der Waals surface area contributed by atoms with Gasteiger partial charge in [-0.25, -0.2) is 12.8 Å². The standard InChI is InChI=1S/C27H31FN6O6S/c1-34-13-16(28)9-20(34)15-7-23(38-3)26(24(8-15)39-4)41(35,36)33-27-17-10-22(37-2)19(11-21(17)40-32-27)29-25-12-18(30-31-25)14-5-6-14/h7-8,10-12,14,16,20H,5-6,9,13H2,1-4H3,(H,32,33)(H2,29,30,31)/t16-,20?/m0/s1. The molecule has 2 aromatic carbocycles. The van der Waals surface area contributed by atoms with Crippen molar-refractivity contribution in [3.05, 3.63) is 41.6 Å². The molecule has 2 aromatic heterocycles. The summed E-state index contributed by atoms with van der Waals surface area (Å²) < 4.78 is 66.0. The van der Waals surface area contributed by atoms with Crippen molar-refractivity contribution in [2.45, 2.75) is 42.3 Å². The van der Waals surface area contributed by atoms with Gasteiger partial charge in [-0.15, -0.1) is 0 Å². The van der Waals surface area contributed by atoms with Gasteiger partial charge in [0.05, 0.1) is 32.4 Å². The summed E-state index contributed by atoms with van der Waals surface area (Å²) in [6.07, 6.45) is 1.61. The Kier molecular flexibility index (Phi) is 6.90. The van der Waals surface area contributed by atoms with Gasteiger partial charge < -0.3 is 24.1 Å². The molecule has 1 saturated heterocycles. The first-order chi connectivity index (χ1) is 19.7. The average molecular weight is 587 g/mol. The van der Waals surface area contributed by atoms with Crippen molar-refractivity contribution < 1.29 is 31.5 Å². The van der Waals surface area contributed by atoms with E-state index >= 15 is 0 Å². The normalized spacial score (nSPS) is 19.4. The minimum absolute atomic E-state index is 0.0374. The Bertz CT molecular complexity index is 1680. The largest absolute Gasteiger partial charge is 0.495 e. The summed E-state index contributed by atoms with van der Waals surface area (Å²) >= 11 is 0. The van der Waals surface area contributed by atoms with Crippen LogP contribution in [0.3, 0.4) is 0 Å². The van der Waals surface area contributed by atoms with Gasteiger partial charge in [0.1, 0.15) is 23.4 Å². The second-order valence-corrected chi connectivity index (χ2v) is 12.0. The Morgan fingerprint density at radius 1 is 1.05 bits per heavy atom. The Morgan fingerprint density at radius 3 is 2.37 bits per heavy atom. The van der Waals surface area contributed by atoms with E-state index in [-0.39, 0.29) is 28.3 Å². The van der Waals surface area contributed by atoms with Gasteiger partial charge in [-0.1, -0.05) is 5.16 Å². The second-order valence-electron chi connectivity index (χ2n) is 10.3. The Labute approximate surface area is 236 Å². The number of nitrogens with zero attached hydrogens (tertiary/aromatic N) is 3. The van der Waals surface area contributed by atoms with Crippen molar-refractivity contribution >= 4 is 38.3 Å². The first-order valence-corrected chi connectivity index (χ1v) is 14.6. The number of fused-ring (bicyclic) bond motifs is 1. The molecule has 3 N–H and O–H groups in total. The molecule has 218 valence electrons. The summed E-state index contributed by atoms with van der Waals surface area (Å²) in [7, 11) is 1.78. The highest BCUT2D eigenvalue weighted by atomic mass is 32.2. The molecule has 0 spiro atoms. The third-order valence-electron chi connectivity index (χ3n) is 7.53. The van der Waals surface area contributed by atoms with Crippen molar-refractivity contribution in [2.24, 2.45) is 0 Å². The van der Waals surface area contributed by atoms with Crippen LogP contribution in [0.2, 0.25) is 0 Å². The fraction of sp³-hybridized carbons (Fsp3) is 0.407. The Balaban J connectivity index is 1.32. The monoisotopic (exact) mass is 586 g/mol. The number of aromatic nitrogens is 3. The highest BCUT2D eigenvalue weighted by Gasteiger charge is 2.34. The van der Waals surface area contributed by atoms with Crippen LogP contribution in [0, 0.1) is 0 Å². The number of methoxy groups -OCH3 is 3. The summed E-state index contributed by atoms with van der Waals surface area (Å²) in [6, 6.07) is 8.20. The van der Waals surface area contributed by atoms with Crippen molar-refractivity contribution in [3.63, 3.8) is 0 Å². The minimum atomic E-state index is -4.28. The molecule has 2 atom stereocenters. The van der Waals surface area contributed by atoms with Crippen LogP contribution in [0.4, 0.5) is 21.7 Å². The second kappa shape index (κ2) is 10.4. The molecule has 2 fully saturated rings. The van der Waals surface area contributed by atoms with Crippen molar-refractivity contribution in [1.29, 1.82) is 0 Å². The SMILES string of the molecule is COc1cc2c(NS(=O)(=O)c3c(OC)cc(C4C[C@H](F)CN4C)cc3OC)noc2cc1Nc1cc(C2CC2)[nH]n1. The molecule has 1 saturated carbocycles. The summed E-state index contributed by atoms with van der Waals surface area (Å²) in [4.78, 5) is 1.66. The van der Waals surface area contributed by atoms with E-state index in [1.807, 2.05) is 18.0 Å². The predicted octanol–water partition coefficient (Wildman–Crippen LogP) is 4.71. The van der Waals surface area contributed by atoms with Gasteiger partial charge in [0.2, 0.25) is 0 Å². The molecular weight excluding hydrogens is 555 g/mol. The van der Waals surface area contributed by atoms with E-state index < -0.39 is 16.2 Å². The molecule has 6 rings (SSSR count). The molecular formula is C27H31FN6O6S. The molecule has 1 unspecified atom stereocenters. The summed E-state index contributed by atoms with van der Waals surface area (Å²) in [5.74, 6) is 1.66. The van der Waals surface area contributed by atoms with E-state index in [0.29, 0.717) is 52.7 Å². The number of likely N-dealkylation sites (tertiary alicyclic amines) is 1. The summed E-state index contributed by atoms with van der Waals surface area (Å²) in [5, 5.41) is 14.9. The first kappa shape index (κ1) is 27.1. The topological polar surface area (TPSA) is 144 Å². The molecule has 2 aliphatic rings. The molecule has 0 amide bonds. The van der Waals surface area contributed by atoms with E-state index in [2.05, 4.69) is 25.4 Å². The van der Waals surface area contributed by atoms with Crippen LogP contribution in [0.5, 0.6) is 17.2 Å². The maximum absolute atomic E-state index is 14.1. The number of alkyl halides is 1. The number of rotatable bonds is 10. The number of halogens is 1. The van der Waals surface area contributed by atoms with Crippen LogP contribution < -0.4 is 24.2 Å². The molecule has 3 heterocycles. The number of nitrogens with one attached hydrogen (secondary N) is 3. The minimum Gasteiger partial charge on any atom is -0.495 e. The molecule has 4 aromatic rings. The molecule has 41 heavy (non-hydrogen) atoms. The van der Waals surface area contributed by atoms with E-state index in [0.717, 1.165) is 18.5 Å². The van der Waals surface area contributed by atoms with Crippen molar-refractivity contribution in [1.82, 2.24) is 20.3 Å². The quantitative estimate of drug-likeness (QED) is 0.239. The van der Waals surface area contributed by atoms with Crippen LogP contribution in [-0.4, -0.2) is 69.8 Å². The number of anilines is 3. The van der Waals surface area contributed by atoms with Crippen LogP contribution in [-0.2, 0) is 10.0 Å². The van der Waals surface area contributed by atoms with Crippen LogP contribution >= 0.6 is 0 Å². The van der Waals surface area contributed by atoms with Gasteiger partial charge in [-0.2, -0.15) is 5.10 Å². The van der Waals surface area contributed by atoms with E-state index in [4.69, 9.17) is 18.7 Å².